The number of benzene rings is 9. The molecule has 0 aliphatic carbocycles. The molecule has 0 atom stereocenters. The Bertz CT molecular complexity index is 3880. The van der Waals surface area contributed by atoms with Gasteiger partial charge in [-0.25, -0.2) is 9.97 Å². The number of nitrogens with zero attached hydrogens (tertiary/aromatic N) is 6. The zero-order chi connectivity index (χ0) is 41.4. The van der Waals surface area contributed by atoms with Gasteiger partial charge in [0.1, 0.15) is 5.52 Å². The normalized spacial score (nSPS) is 11.8. The standard InChI is InChI=1S/C56H34N6O/c1-2-16-37(17-3-1)53-58-54(38-31-29-36(30-32-38)40-23-14-18-35-15-4-5-19-39(35)40)60-56(59-53)62-48-26-11-7-21-42(48)44-34-33-43-41-20-6-10-25-47(41)61(51(43)52(44)62)49-27-12-8-22-45(49)55-57-46-24-9-13-28-50(46)63-55/h1-34H. The molecule has 0 spiro atoms. The van der Waals surface area contributed by atoms with Crippen LogP contribution in [0.2, 0.25) is 0 Å². The molecule has 0 aliphatic rings. The topological polar surface area (TPSA) is 74.6 Å². The SMILES string of the molecule is c1ccc(-c2nc(-c3ccc(-c4cccc5ccccc45)cc3)nc(-n3c4ccccc4c4ccc5c6ccccc6n(-c6ccccc6-c6nc7ccccc7o6)c5c43)n2)cc1. The van der Waals surface area contributed by atoms with Crippen LogP contribution >= 0.6 is 0 Å². The van der Waals surface area contributed by atoms with Gasteiger partial charge < -0.3 is 8.98 Å². The zero-order valence-electron chi connectivity index (χ0n) is 33.7. The monoisotopic (exact) mass is 806 g/mol. The van der Waals surface area contributed by atoms with E-state index in [1.165, 1.54) is 16.3 Å². The first-order valence-electron chi connectivity index (χ1n) is 21.1. The van der Waals surface area contributed by atoms with Gasteiger partial charge in [-0.1, -0.05) is 170 Å². The second kappa shape index (κ2) is 13.9. The maximum Gasteiger partial charge on any atom is 0.238 e. The Labute approximate surface area is 360 Å². The van der Waals surface area contributed by atoms with Crippen LogP contribution < -0.4 is 0 Å². The molecule has 7 nitrogen and oxygen atoms in total. The van der Waals surface area contributed by atoms with E-state index < -0.39 is 0 Å². The molecule has 0 saturated carbocycles. The summed E-state index contributed by atoms with van der Waals surface area (Å²) in [6.45, 7) is 0. The fourth-order valence-electron chi connectivity index (χ4n) is 9.38. The average molecular weight is 807 g/mol. The molecule has 13 rings (SSSR count). The molecule has 63 heavy (non-hydrogen) atoms. The van der Waals surface area contributed by atoms with Crippen molar-refractivity contribution in [2.45, 2.75) is 0 Å². The van der Waals surface area contributed by atoms with Gasteiger partial charge in [-0.3, -0.25) is 4.57 Å². The van der Waals surface area contributed by atoms with Gasteiger partial charge >= 0.3 is 0 Å². The van der Waals surface area contributed by atoms with Gasteiger partial charge in [0.25, 0.3) is 0 Å². The summed E-state index contributed by atoms with van der Waals surface area (Å²) in [6.07, 6.45) is 0. The maximum absolute atomic E-state index is 6.45. The van der Waals surface area contributed by atoms with E-state index in [0.717, 1.165) is 82.7 Å². The lowest BCUT2D eigenvalue weighted by molar-refractivity contribution is 0.619. The van der Waals surface area contributed by atoms with Crippen molar-refractivity contribution in [1.29, 1.82) is 0 Å². The Morgan fingerprint density at radius 3 is 1.67 bits per heavy atom. The van der Waals surface area contributed by atoms with Crippen molar-refractivity contribution >= 4 is 65.5 Å². The Balaban J connectivity index is 1.09. The van der Waals surface area contributed by atoms with E-state index in [2.05, 4.69) is 167 Å². The first-order chi connectivity index (χ1) is 31.2. The number of fused-ring (bicyclic) bond motifs is 9. The Morgan fingerprint density at radius 2 is 0.905 bits per heavy atom. The number of rotatable bonds is 6. The molecule has 9 aromatic carbocycles. The van der Waals surface area contributed by atoms with E-state index in [0.29, 0.717) is 23.5 Å². The van der Waals surface area contributed by atoms with Crippen LogP contribution in [0.4, 0.5) is 0 Å². The van der Waals surface area contributed by atoms with Crippen molar-refractivity contribution in [2.24, 2.45) is 0 Å². The van der Waals surface area contributed by atoms with E-state index in [-0.39, 0.29) is 0 Å². The summed E-state index contributed by atoms with van der Waals surface area (Å²) in [5.41, 5.74) is 11.6. The molecule has 7 heteroatoms. The fourth-order valence-corrected chi connectivity index (χ4v) is 9.38. The van der Waals surface area contributed by atoms with Gasteiger partial charge in [-0.15, -0.1) is 0 Å². The van der Waals surface area contributed by atoms with Crippen molar-refractivity contribution in [3.8, 4) is 57.0 Å². The summed E-state index contributed by atoms with van der Waals surface area (Å²) in [7, 11) is 0. The molecule has 0 saturated heterocycles. The predicted molar refractivity (Wildman–Crippen MR) is 255 cm³/mol. The summed E-state index contributed by atoms with van der Waals surface area (Å²) in [6, 6.07) is 71.6. The Kier molecular flexibility index (Phi) is 7.77. The van der Waals surface area contributed by atoms with Gasteiger partial charge in [-0.05, 0) is 58.3 Å². The molecule has 294 valence electrons. The third-order valence-corrected chi connectivity index (χ3v) is 12.2. The molecule has 0 aliphatic heterocycles. The zero-order valence-corrected chi connectivity index (χ0v) is 33.7. The minimum absolute atomic E-state index is 0.528. The van der Waals surface area contributed by atoms with E-state index in [9.17, 15) is 0 Å². The number of hydrogen-bond donors (Lipinski definition) is 0. The Morgan fingerprint density at radius 1 is 0.349 bits per heavy atom. The Hall–Kier alpha value is -8.68. The van der Waals surface area contributed by atoms with Crippen LogP contribution in [-0.2, 0) is 0 Å². The van der Waals surface area contributed by atoms with Crippen molar-refractivity contribution in [1.82, 2.24) is 29.1 Å². The third-order valence-electron chi connectivity index (χ3n) is 12.2. The van der Waals surface area contributed by atoms with E-state index >= 15 is 0 Å². The summed E-state index contributed by atoms with van der Waals surface area (Å²) in [5, 5.41) is 6.85. The van der Waals surface area contributed by atoms with Gasteiger partial charge in [0.05, 0.1) is 33.3 Å². The second-order valence-corrected chi connectivity index (χ2v) is 15.8. The fraction of sp³-hybridized carbons (Fsp3) is 0. The van der Waals surface area contributed by atoms with Gasteiger partial charge in [0, 0.05) is 32.7 Å². The molecule has 0 amide bonds. The first kappa shape index (κ1) is 35.1. The molecular formula is C56H34N6O. The van der Waals surface area contributed by atoms with Gasteiger partial charge in [0.2, 0.25) is 11.8 Å². The maximum atomic E-state index is 6.45. The minimum atomic E-state index is 0.528. The van der Waals surface area contributed by atoms with Crippen LogP contribution in [0.25, 0.3) is 122 Å². The van der Waals surface area contributed by atoms with Crippen LogP contribution in [0.5, 0.6) is 0 Å². The molecule has 0 unspecified atom stereocenters. The van der Waals surface area contributed by atoms with E-state index in [1.54, 1.807) is 0 Å². The lowest BCUT2D eigenvalue weighted by Gasteiger charge is -2.15. The van der Waals surface area contributed by atoms with E-state index in [4.69, 9.17) is 24.4 Å². The average Bonchev–Trinajstić information content (AvgIpc) is 4.05. The van der Waals surface area contributed by atoms with Crippen molar-refractivity contribution in [3.05, 3.63) is 206 Å². The van der Waals surface area contributed by atoms with Gasteiger partial charge in [0.15, 0.2) is 17.2 Å². The number of aromatic nitrogens is 6. The van der Waals surface area contributed by atoms with Crippen LogP contribution in [0.3, 0.4) is 0 Å². The summed E-state index contributed by atoms with van der Waals surface area (Å²) < 4.78 is 11.0. The smallest absolute Gasteiger partial charge is 0.238 e. The predicted octanol–water partition coefficient (Wildman–Crippen LogP) is 14.0. The van der Waals surface area contributed by atoms with Crippen molar-refractivity contribution < 1.29 is 4.42 Å². The summed E-state index contributed by atoms with van der Waals surface area (Å²) in [5.74, 6) is 2.27. The third kappa shape index (κ3) is 5.53. The largest absolute Gasteiger partial charge is 0.436 e. The molecule has 0 radical (unpaired) electrons. The van der Waals surface area contributed by atoms with Crippen LogP contribution in [-0.4, -0.2) is 29.1 Å². The lowest BCUT2D eigenvalue weighted by Crippen LogP contribution is -2.07. The highest BCUT2D eigenvalue weighted by atomic mass is 16.3. The number of para-hydroxylation sites is 5. The molecule has 4 aromatic heterocycles. The van der Waals surface area contributed by atoms with Crippen LogP contribution in [0, 0.1) is 0 Å². The molecule has 0 fully saturated rings. The molecule has 0 N–H and O–H groups in total. The summed E-state index contributed by atoms with van der Waals surface area (Å²) >= 11 is 0. The minimum Gasteiger partial charge on any atom is -0.436 e. The number of hydrogen-bond acceptors (Lipinski definition) is 5. The molecule has 4 heterocycles. The van der Waals surface area contributed by atoms with E-state index in [1.807, 2.05) is 48.5 Å². The highest BCUT2D eigenvalue weighted by Gasteiger charge is 2.25. The van der Waals surface area contributed by atoms with Crippen molar-refractivity contribution in [2.75, 3.05) is 0 Å². The van der Waals surface area contributed by atoms with Crippen LogP contribution in [0.15, 0.2) is 211 Å². The summed E-state index contributed by atoms with van der Waals surface area (Å²) in [4.78, 5) is 20.9. The first-order valence-corrected chi connectivity index (χ1v) is 21.1. The quantitative estimate of drug-likeness (QED) is 0.167. The number of oxazole rings is 1. The highest BCUT2D eigenvalue weighted by molar-refractivity contribution is 6.24. The highest BCUT2D eigenvalue weighted by Crippen LogP contribution is 2.43. The van der Waals surface area contributed by atoms with Crippen molar-refractivity contribution in [3.63, 3.8) is 0 Å². The molecular weight excluding hydrogens is 773 g/mol. The lowest BCUT2D eigenvalue weighted by atomic mass is 9.97. The molecule has 0 bridgehead atoms. The molecule has 13 aromatic rings. The second-order valence-electron chi connectivity index (χ2n) is 15.8. The van der Waals surface area contributed by atoms with Crippen LogP contribution in [0.1, 0.15) is 0 Å². The van der Waals surface area contributed by atoms with Gasteiger partial charge in [-0.2, -0.15) is 9.97 Å².